The molecule has 1 saturated carbocycles. The van der Waals surface area contributed by atoms with E-state index >= 15 is 0 Å². The van der Waals surface area contributed by atoms with E-state index < -0.39 is 11.9 Å². The molecule has 0 aliphatic heterocycles. The number of methoxy groups -OCH3 is 1. The number of carbonyl (C=O) groups is 2. The largest absolute Gasteiger partial charge is 4.00 e. The van der Waals surface area contributed by atoms with E-state index in [-0.39, 0.29) is 33.1 Å². The molecule has 0 bridgehead atoms. The van der Waals surface area contributed by atoms with E-state index in [1.165, 1.54) is 12.8 Å². The molecule has 0 radical (unpaired) electrons. The first kappa shape index (κ1) is 17.9. The van der Waals surface area contributed by atoms with Gasteiger partial charge in [0.2, 0.25) is 0 Å². The van der Waals surface area contributed by atoms with Crippen molar-refractivity contribution in [1.82, 2.24) is 0 Å². The molecule has 3 N–H and O–H groups in total. The number of aliphatic carboxylic acids is 1. The summed E-state index contributed by atoms with van der Waals surface area (Å²) in [7, 11) is 1.01. The molecule has 0 amide bonds. The Hall–Kier alpha value is -0.452. The average Bonchev–Trinajstić information content (AvgIpc) is 2.22. The van der Waals surface area contributed by atoms with E-state index in [0.29, 0.717) is 0 Å². The second kappa shape index (κ2) is 9.75. The fourth-order valence-electron chi connectivity index (χ4n) is 1.22. The van der Waals surface area contributed by atoms with E-state index in [1.54, 1.807) is 0 Å². The van der Waals surface area contributed by atoms with Gasteiger partial charge < -0.3 is 21.3 Å². The van der Waals surface area contributed by atoms with Crippen molar-refractivity contribution in [3.63, 3.8) is 0 Å². The molecule has 1 aliphatic carbocycles. The van der Waals surface area contributed by atoms with Gasteiger partial charge in [-0.25, -0.2) is 9.59 Å². The molecular weight excluding hydrogens is 395 g/mol. The Bertz CT molecular complexity index is 216. The van der Waals surface area contributed by atoms with Crippen LogP contribution in [0.4, 0.5) is 0 Å². The molecule has 0 saturated heterocycles. The first-order chi connectivity index (χ1) is 6.99. The van der Waals surface area contributed by atoms with Gasteiger partial charge in [0.15, 0.2) is 0 Å². The number of carboxylic acids is 1. The fraction of sp³-hybridized carbons (Fsp3) is 0.778. The van der Waals surface area contributed by atoms with Gasteiger partial charge in [-0.1, -0.05) is 25.7 Å². The van der Waals surface area contributed by atoms with Crippen LogP contribution in [0.25, 0.3) is 11.5 Å². The maximum absolute atomic E-state index is 9.69. The zero-order valence-corrected chi connectivity index (χ0v) is 11.2. The van der Waals surface area contributed by atoms with Gasteiger partial charge >= 0.3 is 33.0 Å². The monoisotopic (exact) mass is 411 g/mol. The Morgan fingerprint density at radius 2 is 1.56 bits per heavy atom. The molecular formula is C9H16N2O4Pt+2. The van der Waals surface area contributed by atoms with Crippen molar-refractivity contribution in [2.24, 2.45) is 0 Å². The molecule has 2 atom stereocenters. The third-order valence-electron chi connectivity index (χ3n) is 2.13. The number of rotatable bonds is 0. The summed E-state index contributed by atoms with van der Waals surface area (Å²) in [5, 5.41) is 7.71. The van der Waals surface area contributed by atoms with Gasteiger partial charge in [-0.2, -0.15) is 12.1 Å². The van der Waals surface area contributed by atoms with Gasteiger partial charge in [-0.15, -0.1) is 0 Å². The molecule has 0 spiro atoms. The van der Waals surface area contributed by atoms with E-state index in [1.807, 2.05) is 0 Å². The minimum atomic E-state index is -1.57. The Morgan fingerprint density at radius 1 is 1.19 bits per heavy atom. The standard InChI is InChI=1S/C6H12N2.C3H4O4.Pt/c7-5-3-1-2-4-6(5)8;1-7-3(6)2(4)5;/h5-8H,1-4H2;1H3,(H,4,5);/q-2;;+4/t5-,6-;;/m1../s1. The van der Waals surface area contributed by atoms with E-state index in [0.717, 1.165) is 20.0 Å². The third kappa shape index (κ3) is 7.79. The number of ether oxygens (including phenoxy) is 1. The molecule has 0 unspecified atom stereocenters. The van der Waals surface area contributed by atoms with Crippen LogP contribution in [0.5, 0.6) is 0 Å². The van der Waals surface area contributed by atoms with Crippen molar-refractivity contribution < 1.29 is 40.5 Å². The molecule has 6 nitrogen and oxygen atoms in total. The number of carboxylic acid groups (broad SMARTS) is 1. The molecule has 16 heavy (non-hydrogen) atoms. The quantitative estimate of drug-likeness (QED) is 0.483. The molecule has 1 fully saturated rings. The molecule has 0 heterocycles. The normalized spacial score (nSPS) is 23.2. The van der Waals surface area contributed by atoms with Gasteiger partial charge in [0.05, 0.1) is 7.11 Å². The molecule has 0 aromatic rings. The van der Waals surface area contributed by atoms with Crippen LogP contribution in [-0.4, -0.2) is 36.2 Å². The van der Waals surface area contributed by atoms with Crippen LogP contribution in [-0.2, 0) is 35.4 Å². The van der Waals surface area contributed by atoms with Gasteiger partial charge in [0, 0.05) is 0 Å². The summed E-state index contributed by atoms with van der Waals surface area (Å²) in [4.78, 5) is 19.1. The van der Waals surface area contributed by atoms with Crippen LogP contribution in [0.3, 0.4) is 0 Å². The maximum atomic E-state index is 9.69. The smallest absolute Gasteiger partial charge is 0.676 e. The minimum Gasteiger partial charge on any atom is -0.676 e. The Morgan fingerprint density at radius 3 is 1.69 bits per heavy atom. The molecule has 7 heteroatoms. The van der Waals surface area contributed by atoms with Crippen molar-refractivity contribution in [2.75, 3.05) is 7.11 Å². The second-order valence-corrected chi connectivity index (χ2v) is 3.29. The predicted molar refractivity (Wildman–Crippen MR) is 54.3 cm³/mol. The first-order valence-electron chi connectivity index (χ1n) is 4.72. The maximum Gasteiger partial charge on any atom is 4.00 e. The van der Waals surface area contributed by atoms with Crippen molar-refractivity contribution in [1.29, 1.82) is 0 Å². The Kier molecular flexibility index (Phi) is 10.9. The summed E-state index contributed by atoms with van der Waals surface area (Å²) in [6.07, 6.45) is 4.25. The van der Waals surface area contributed by atoms with Crippen LogP contribution in [0, 0.1) is 0 Å². The molecule has 0 aromatic heterocycles. The summed E-state index contributed by atoms with van der Waals surface area (Å²) in [5.41, 5.74) is 14.6. The molecule has 1 aliphatic rings. The van der Waals surface area contributed by atoms with Gasteiger partial charge in [-0.05, 0) is 0 Å². The van der Waals surface area contributed by atoms with Crippen molar-refractivity contribution >= 4 is 11.9 Å². The fourth-order valence-corrected chi connectivity index (χ4v) is 1.22. The van der Waals surface area contributed by atoms with Crippen molar-refractivity contribution in [2.45, 2.75) is 37.8 Å². The number of nitrogens with one attached hydrogen (secondary N) is 2. The molecule has 0 aromatic carbocycles. The van der Waals surface area contributed by atoms with Crippen LogP contribution in [0.2, 0.25) is 0 Å². The van der Waals surface area contributed by atoms with Crippen LogP contribution in [0.1, 0.15) is 25.7 Å². The third-order valence-corrected chi connectivity index (χ3v) is 2.13. The average molecular weight is 411 g/mol. The number of esters is 1. The summed E-state index contributed by atoms with van der Waals surface area (Å²) >= 11 is 0. The van der Waals surface area contributed by atoms with Gasteiger partial charge in [0.25, 0.3) is 0 Å². The topological polar surface area (TPSA) is 111 Å². The van der Waals surface area contributed by atoms with E-state index in [9.17, 15) is 9.59 Å². The first-order valence-corrected chi connectivity index (χ1v) is 4.72. The summed E-state index contributed by atoms with van der Waals surface area (Å²) in [5.74, 6) is -2.80. The summed E-state index contributed by atoms with van der Waals surface area (Å²) in [6.45, 7) is 0. The Labute approximate surface area is 109 Å². The number of hydrogen-bond donors (Lipinski definition) is 1. The van der Waals surface area contributed by atoms with Crippen molar-refractivity contribution in [3.05, 3.63) is 11.5 Å². The van der Waals surface area contributed by atoms with Gasteiger partial charge in [0.1, 0.15) is 0 Å². The van der Waals surface area contributed by atoms with Crippen LogP contribution < -0.4 is 0 Å². The minimum absolute atomic E-state index is 0. The van der Waals surface area contributed by atoms with Crippen LogP contribution in [0.15, 0.2) is 0 Å². The summed E-state index contributed by atoms with van der Waals surface area (Å²) < 4.78 is 3.77. The number of hydrogen-bond acceptors (Lipinski definition) is 3. The number of carbonyl (C=O) groups excluding carboxylic acids is 1. The Balaban J connectivity index is 0. The van der Waals surface area contributed by atoms with E-state index in [2.05, 4.69) is 4.74 Å². The van der Waals surface area contributed by atoms with E-state index in [4.69, 9.17) is 16.6 Å². The van der Waals surface area contributed by atoms with Crippen molar-refractivity contribution in [3.8, 4) is 0 Å². The molecule has 1 rings (SSSR count). The zero-order chi connectivity index (χ0) is 11.8. The zero-order valence-electron chi connectivity index (χ0n) is 8.97. The predicted octanol–water partition coefficient (Wildman–Crippen LogP) is 1.64. The summed E-state index contributed by atoms with van der Waals surface area (Å²) in [6, 6.07) is -0.160. The molecule has 94 valence electrons. The van der Waals surface area contributed by atoms with Gasteiger partial charge in [-0.3, -0.25) is 0 Å². The van der Waals surface area contributed by atoms with Crippen LogP contribution >= 0.6 is 0 Å². The SMILES string of the molecule is COC(=O)C(=O)O.[NH-][C@@H]1CCCC[C@H]1[NH-].[Pt+4]. The second-order valence-electron chi connectivity index (χ2n) is 3.29.